The lowest BCUT2D eigenvalue weighted by molar-refractivity contribution is -0.138. The van der Waals surface area contributed by atoms with Gasteiger partial charge in [-0.05, 0) is 27.7 Å². The number of carbonyl (C=O) groups excluding carboxylic acids is 2. The van der Waals surface area contributed by atoms with Gasteiger partial charge in [-0.1, -0.05) is 28.0 Å². The SMILES string of the molecule is C.C.C=C(C)C(=O)OCC.C=C(C)C(=O)n1ccnc1.CCO. The van der Waals surface area contributed by atoms with E-state index in [1.54, 1.807) is 40.1 Å². The van der Waals surface area contributed by atoms with E-state index < -0.39 is 0 Å². The molecule has 1 rings (SSSR count). The predicted octanol–water partition coefficient (Wildman–Crippen LogP) is 3.50. The van der Waals surface area contributed by atoms with E-state index in [2.05, 4.69) is 22.9 Å². The highest BCUT2D eigenvalue weighted by Gasteiger charge is 2.01. The van der Waals surface area contributed by atoms with Crippen molar-refractivity contribution in [2.24, 2.45) is 0 Å². The van der Waals surface area contributed by atoms with E-state index in [1.807, 2.05) is 0 Å². The Hall–Kier alpha value is -2.21. The van der Waals surface area contributed by atoms with Gasteiger partial charge in [0.05, 0.1) is 6.61 Å². The van der Waals surface area contributed by atoms with Gasteiger partial charge in [-0.15, -0.1) is 0 Å². The maximum Gasteiger partial charge on any atom is 0.333 e. The van der Waals surface area contributed by atoms with Crippen LogP contribution in [0.15, 0.2) is 43.0 Å². The molecule has 0 fully saturated rings. The highest BCUT2D eigenvalue weighted by molar-refractivity contribution is 5.93. The number of imidazole rings is 1. The number of allylic oxidation sites excluding steroid dienone is 1. The third kappa shape index (κ3) is 16.0. The van der Waals surface area contributed by atoms with Crippen LogP contribution in [0.1, 0.15) is 47.3 Å². The lowest BCUT2D eigenvalue weighted by atomic mass is 10.3. The molecule has 0 radical (unpaired) electrons. The second kappa shape index (κ2) is 17.8. The van der Waals surface area contributed by atoms with Gasteiger partial charge < -0.3 is 9.84 Å². The van der Waals surface area contributed by atoms with Crippen LogP contribution in [0.4, 0.5) is 0 Å². The molecule has 0 amide bonds. The van der Waals surface area contributed by atoms with Crippen LogP contribution in [-0.4, -0.2) is 39.7 Å². The van der Waals surface area contributed by atoms with Gasteiger partial charge in [-0.3, -0.25) is 9.36 Å². The van der Waals surface area contributed by atoms with Gasteiger partial charge in [0.1, 0.15) is 6.33 Å². The van der Waals surface area contributed by atoms with Crippen LogP contribution in [0.25, 0.3) is 0 Å². The molecule has 1 aromatic rings. The molecule has 0 saturated heterocycles. The predicted molar refractivity (Wildman–Crippen MR) is 95.3 cm³/mol. The van der Waals surface area contributed by atoms with Crippen molar-refractivity contribution in [2.45, 2.75) is 42.5 Å². The monoisotopic (exact) mass is 328 g/mol. The van der Waals surface area contributed by atoms with Gasteiger partial charge in [-0.2, -0.15) is 0 Å². The Kier molecular flexibility index (Phi) is 22.4. The fourth-order valence-corrected chi connectivity index (χ4v) is 0.854. The molecule has 1 aromatic heterocycles. The van der Waals surface area contributed by atoms with E-state index in [0.717, 1.165) is 0 Å². The van der Waals surface area contributed by atoms with Gasteiger partial charge in [0.15, 0.2) is 0 Å². The molecule has 6 nitrogen and oxygen atoms in total. The van der Waals surface area contributed by atoms with E-state index in [1.165, 1.54) is 10.9 Å². The van der Waals surface area contributed by atoms with Crippen molar-refractivity contribution in [3.63, 3.8) is 0 Å². The van der Waals surface area contributed by atoms with Crippen LogP contribution in [0, 0.1) is 0 Å². The minimum atomic E-state index is -0.312. The first-order valence-corrected chi connectivity index (χ1v) is 6.43. The van der Waals surface area contributed by atoms with Crippen molar-refractivity contribution >= 4 is 11.9 Å². The highest BCUT2D eigenvalue weighted by atomic mass is 16.5. The highest BCUT2D eigenvalue weighted by Crippen LogP contribution is 1.94. The number of hydrogen-bond donors (Lipinski definition) is 1. The normalized spacial score (nSPS) is 7.70. The van der Waals surface area contributed by atoms with E-state index in [4.69, 9.17) is 5.11 Å². The topological polar surface area (TPSA) is 81.4 Å². The van der Waals surface area contributed by atoms with Crippen molar-refractivity contribution in [1.82, 2.24) is 9.55 Å². The standard InChI is InChI=1S/C7H8N2O.C6H10O2.C2H6O.2CH4/c1-6(2)7(10)9-4-3-8-5-9;1-4-8-6(7)5(2)3;1-2-3;;/h3-5H,1H2,2H3;2,4H2,1,3H3;3H,2H2,1H3;2*1H4. The van der Waals surface area contributed by atoms with E-state index >= 15 is 0 Å². The summed E-state index contributed by atoms with van der Waals surface area (Å²) in [6.07, 6.45) is 4.61. The maximum atomic E-state index is 11.0. The van der Waals surface area contributed by atoms with E-state index in [-0.39, 0.29) is 33.3 Å². The summed E-state index contributed by atoms with van der Waals surface area (Å²) in [7, 11) is 0. The zero-order valence-corrected chi connectivity index (χ0v) is 13.1. The molecule has 1 N–H and O–H groups in total. The first kappa shape index (κ1) is 28.9. The van der Waals surface area contributed by atoms with Gasteiger partial charge in [0.2, 0.25) is 0 Å². The Morgan fingerprint density at radius 1 is 1.17 bits per heavy atom. The number of ether oxygens (including phenoxy) is 1. The minimum absolute atomic E-state index is 0. The molecule has 0 aliphatic carbocycles. The number of rotatable bonds is 3. The molecule has 6 heteroatoms. The summed E-state index contributed by atoms with van der Waals surface area (Å²) in [5, 5.41) is 7.57. The molecule has 0 saturated carbocycles. The van der Waals surface area contributed by atoms with Crippen molar-refractivity contribution < 1.29 is 19.4 Å². The summed E-state index contributed by atoms with van der Waals surface area (Å²) in [6, 6.07) is 0. The van der Waals surface area contributed by atoms with Crippen molar-refractivity contribution in [2.75, 3.05) is 13.2 Å². The third-order valence-electron chi connectivity index (χ3n) is 1.73. The third-order valence-corrected chi connectivity index (χ3v) is 1.73. The molecular formula is C17H32N2O4. The van der Waals surface area contributed by atoms with E-state index in [0.29, 0.717) is 17.8 Å². The number of hydrogen-bond acceptors (Lipinski definition) is 5. The van der Waals surface area contributed by atoms with Gasteiger partial charge in [0, 0.05) is 30.1 Å². The van der Waals surface area contributed by atoms with Crippen LogP contribution in [0.3, 0.4) is 0 Å². The molecule has 134 valence electrons. The molecule has 0 aromatic carbocycles. The quantitative estimate of drug-likeness (QED) is 0.678. The first-order valence-electron chi connectivity index (χ1n) is 6.43. The van der Waals surface area contributed by atoms with Crippen molar-refractivity contribution in [3.8, 4) is 0 Å². The average Bonchev–Trinajstić information content (AvgIpc) is 2.93. The van der Waals surface area contributed by atoms with Crippen molar-refractivity contribution in [3.05, 3.63) is 43.0 Å². The first-order chi connectivity index (χ1) is 9.81. The minimum Gasteiger partial charge on any atom is -0.463 e. The van der Waals surface area contributed by atoms with Crippen LogP contribution < -0.4 is 0 Å². The Morgan fingerprint density at radius 2 is 1.65 bits per heavy atom. The van der Waals surface area contributed by atoms with Crippen LogP contribution in [-0.2, 0) is 9.53 Å². The average molecular weight is 328 g/mol. The number of aromatic nitrogens is 2. The van der Waals surface area contributed by atoms with Crippen LogP contribution >= 0.6 is 0 Å². The fraction of sp³-hybridized carbons (Fsp3) is 0.471. The number of aliphatic hydroxyl groups is 1. The Morgan fingerprint density at radius 3 is 1.87 bits per heavy atom. The molecule has 0 spiro atoms. The number of esters is 1. The zero-order chi connectivity index (χ0) is 16.8. The molecule has 1 heterocycles. The summed E-state index contributed by atoms with van der Waals surface area (Å²) in [5.74, 6) is -0.426. The largest absolute Gasteiger partial charge is 0.463 e. The van der Waals surface area contributed by atoms with Crippen molar-refractivity contribution in [1.29, 1.82) is 0 Å². The summed E-state index contributed by atoms with van der Waals surface area (Å²) < 4.78 is 5.96. The Bertz CT molecular complexity index is 451. The lowest BCUT2D eigenvalue weighted by Gasteiger charge is -1.96. The van der Waals surface area contributed by atoms with Gasteiger partial charge >= 0.3 is 5.97 Å². The second-order valence-corrected chi connectivity index (χ2v) is 3.87. The molecule has 0 atom stereocenters. The van der Waals surface area contributed by atoms with Crippen LogP contribution in [0.2, 0.25) is 0 Å². The Labute approximate surface area is 140 Å². The number of carbonyl (C=O) groups is 2. The molecule has 0 bridgehead atoms. The van der Waals surface area contributed by atoms with Gasteiger partial charge in [0.25, 0.3) is 5.91 Å². The summed E-state index contributed by atoms with van der Waals surface area (Å²) in [4.78, 5) is 25.2. The molecule has 23 heavy (non-hydrogen) atoms. The summed E-state index contributed by atoms with van der Waals surface area (Å²) in [6.45, 7) is 14.3. The maximum absolute atomic E-state index is 11.0. The molecule has 0 aliphatic heterocycles. The smallest absolute Gasteiger partial charge is 0.333 e. The molecule has 0 aliphatic rings. The zero-order valence-electron chi connectivity index (χ0n) is 13.1. The molecular weight excluding hydrogens is 296 g/mol. The Balaban J connectivity index is -0.000000127. The summed E-state index contributed by atoms with van der Waals surface area (Å²) >= 11 is 0. The van der Waals surface area contributed by atoms with Gasteiger partial charge in [-0.25, -0.2) is 9.78 Å². The van der Waals surface area contributed by atoms with Crippen LogP contribution in [0.5, 0.6) is 0 Å². The van der Waals surface area contributed by atoms with E-state index in [9.17, 15) is 9.59 Å². The lowest BCUT2D eigenvalue weighted by Crippen LogP contribution is -2.07. The summed E-state index contributed by atoms with van der Waals surface area (Å²) in [5.41, 5.74) is 0.963. The second-order valence-electron chi connectivity index (χ2n) is 3.87. The number of aliphatic hydroxyl groups excluding tert-OH is 1. The number of nitrogens with zero attached hydrogens (tertiary/aromatic N) is 2. The molecule has 0 unspecified atom stereocenters. The fourth-order valence-electron chi connectivity index (χ4n) is 0.854.